The summed E-state index contributed by atoms with van der Waals surface area (Å²) < 4.78 is 10.5. The number of aromatic nitrogens is 4. The first-order chi connectivity index (χ1) is 13.3. The number of H-pyrrole nitrogens is 1. The monoisotopic (exact) mass is 372 g/mol. The van der Waals surface area contributed by atoms with E-state index in [1.54, 1.807) is 14.2 Å². The van der Waals surface area contributed by atoms with Crippen molar-refractivity contribution in [3.63, 3.8) is 0 Å². The minimum absolute atomic E-state index is 0.622. The summed E-state index contributed by atoms with van der Waals surface area (Å²) in [5.41, 5.74) is 3.57. The Morgan fingerprint density at radius 3 is 2.63 bits per heavy atom. The fourth-order valence-corrected chi connectivity index (χ4v) is 3.50. The van der Waals surface area contributed by atoms with Crippen LogP contribution in [0.4, 0.5) is 17.6 Å². The van der Waals surface area contributed by atoms with Gasteiger partial charge in [-0.15, -0.1) is 0 Å². The molecule has 0 radical (unpaired) electrons. The first-order valence-electron chi connectivity index (χ1n) is 9.73. The van der Waals surface area contributed by atoms with Crippen molar-refractivity contribution in [3.05, 3.63) is 23.0 Å². The molecule has 0 aromatic carbocycles. The van der Waals surface area contributed by atoms with Gasteiger partial charge in [-0.25, -0.2) is 4.98 Å². The molecule has 0 amide bonds. The first kappa shape index (κ1) is 18.2. The molecule has 2 aromatic rings. The minimum Gasteiger partial charge on any atom is -0.383 e. The van der Waals surface area contributed by atoms with Crippen LogP contribution in [0.1, 0.15) is 42.1 Å². The van der Waals surface area contributed by atoms with Gasteiger partial charge in [0, 0.05) is 50.6 Å². The number of ether oxygens (including phenoxy) is 2. The average molecular weight is 372 g/mol. The Hall–Kier alpha value is -2.19. The van der Waals surface area contributed by atoms with Crippen LogP contribution < -0.4 is 10.2 Å². The summed E-state index contributed by atoms with van der Waals surface area (Å²) in [6.07, 6.45) is 5.63. The molecule has 2 heterocycles. The number of aromatic amines is 1. The van der Waals surface area contributed by atoms with Crippen molar-refractivity contribution in [2.75, 3.05) is 50.7 Å². The maximum Gasteiger partial charge on any atom is 0.227 e. The summed E-state index contributed by atoms with van der Waals surface area (Å²) in [5, 5.41) is 11.0. The van der Waals surface area contributed by atoms with Crippen LogP contribution in [-0.2, 0) is 22.3 Å². The van der Waals surface area contributed by atoms with Crippen LogP contribution in [0.2, 0.25) is 0 Å². The van der Waals surface area contributed by atoms with Gasteiger partial charge in [0.1, 0.15) is 5.82 Å². The molecule has 146 valence electrons. The van der Waals surface area contributed by atoms with Gasteiger partial charge in [-0.3, -0.25) is 5.10 Å². The first-order valence-corrected chi connectivity index (χ1v) is 9.73. The number of hydrogen-bond acceptors (Lipinski definition) is 7. The van der Waals surface area contributed by atoms with Crippen molar-refractivity contribution in [2.24, 2.45) is 0 Å². The lowest BCUT2D eigenvalue weighted by Crippen LogP contribution is -2.32. The molecule has 8 nitrogen and oxygen atoms in total. The number of nitrogens with one attached hydrogen (secondary N) is 2. The van der Waals surface area contributed by atoms with Gasteiger partial charge in [0.25, 0.3) is 0 Å². The van der Waals surface area contributed by atoms with E-state index >= 15 is 0 Å². The highest BCUT2D eigenvalue weighted by Crippen LogP contribution is 2.40. The molecule has 4 rings (SSSR count). The number of rotatable bonds is 10. The molecule has 0 atom stereocenters. The molecule has 2 N–H and O–H groups in total. The molecule has 2 aliphatic rings. The second kappa shape index (κ2) is 8.22. The van der Waals surface area contributed by atoms with E-state index < -0.39 is 0 Å². The number of anilines is 3. The number of nitrogens with zero attached hydrogens (tertiary/aromatic N) is 4. The van der Waals surface area contributed by atoms with Crippen LogP contribution in [0.5, 0.6) is 0 Å². The van der Waals surface area contributed by atoms with E-state index in [9.17, 15) is 0 Å². The Bertz CT molecular complexity index is 766. The SMILES string of the molecule is COCCN(CCOC)c1nc2c(c(Nc3cc(C4CC4)[nH]n3)n1)CCC2. The van der Waals surface area contributed by atoms with E-state index in [-0.39, 0.29) is 0 Å². The van der Waals surface area contributed by atoms with Gasteiger partial charge in [-0.2, -0.15) is 10.1 Å². The van der Waals surface area contributed by atoms with E-state index in [4.69, 9.17) is 19.4 Å². The third-order valence-electron chi connectivity index (χ3n) is 5.20. The van der Waals surface area contributed by atoms with E-state index in [0.29, 0.717) is 19.1 Å². The fourth-order valence-electron chi connectivity index (χ4n) is 3.50. The van der Waals surface area contributed by atoms with E-state index in [2.05, 4.69) is 26.5 Å². The summed E-state index contributed by atoms with van der Waals surface area (Å²) in [6, 6.07) is 2.11. The number of hydrogen-bond donors (Lipinski definition) is 2. The normalized spacial score (nSPS) is 15.8. The Kier molecular flexibility index (Phi) is 5.54. The van der Waals surface area contributed by atoms with Crippen molar-refractivity contribution >= 4 is 17.6 Å². The third-order valence-corrected chi connectivity index (χ3v) is 5.20. The molecule has 0 aliphatic heterocycles. The van der Waals surface area contributed by atoms with Crippen molar-refractivity contribution < 1.29 is 9.47 Å². The molecule has 27 heavy (non-hydrogen) atoms. The van der Waals surface area contributed by atoms with Gasteiger partial charge in [0.2, 0.25) is 5.95 Å². The zero-order valence-electron chi connectivity index (χ0n) is 16.1. The maximum absolute atomic E-state index is 5.26. The van der Waals surface area contributed by atoms with Gasteiger partial charge in [0.05, 0.1) is 18.9 Å². The lowest BCUT2D eigenvalue weighted by molar-refractivity contribution is 0.189. The summed E-state index contributed by atoms with van der Waals surface area (Å²) in [7, 11) is 3.42. The second-order valence-electron chi connectivity index (χ2n) is 7.23. The summed E-state index contributed by atoms with van der Waals surface area (Å²) >= 11 is 0. The van der Waals surface area contributed by atoms with Gasteiger partial charge in [-0.1, -0.05) is 0 Å². The summed E-state index contributed by atoms with van der Waals surface area (Å²) in [6.45, 7) is 2.70. The van der Waals surface area contributed by atoms with E-state index in [0.717, 1.165) is 55.6 Å². The smallest absolute Gasteiger partial charge is 0.227 e. The zero-order valence-corrected chi connectivity index (χ0v) is 16.1. The highest BCUT2D eigenvalue weighted by atomic mass is 16.5. The standard InChI is InChI=1S/C19H28N6O2/c1-26-10-8-25(9-11-27-2)19-20-15-5-3-4-14(15)18(22-19)21-17-12-16(23-24-17)13-6-7-13/h12-13H,3-11H2,1-2H3,(H2,20,21,22,23,24). The molecule has 2 aliphatic carbocycles. The molecule has 0 spiro atoms. The second-order valence-corrected chi connectivity index (χ2v) is 7.23. The number of aryl methyl sites for hydroxylation is 1. The van der Waals surface area contributed by atoms with Crippen LogP contribution in [-0.4, -0.2) is 60.7 Å². The van der Waals surface area contributed by atoms with Crippen LogP contribution in [0, 0.1) is 0 Å². The molecule has 8 heteroatoms. The lowest BCUT2D eigenvalue weighted by atomic mass is 10.2. The molecule has 0 bridgehead atoms. The quantitative estimate of drug-likeness (QED) is 0.662. The minimum atomic E-state index is 0.622. The number of methoxy groups -OCH3 is 2. The summed E-state index contributed by atoms with van der Waals surface area (Å²) in [4.78, 5) is 11.8. The van der Waals surface area contributed by atoms with Crippen LogP contribution in [0.25, 0.3) is 0 Å². The average Bonchev–Trinajstić information content (AvgIpc) is 3.23. The van der Waals surface area contributed by atoms with Crippen molar-refractivity contribution in [1.29, 1.82) is 0 Å². The van der Waals surface area contributed by atoms with Crippen molar-refractivity contribution in [2.45, 2.75) is 38.0 Å². The Balaban J connectivity index is 1.59. The van der Waals surface area contributed by atoms with Crippen LogP contribution in [0.3, 0.4) is 0 Å². The third kappa shape index (κ3) is 4.22. The highest BCUT2D eigenvalue weighted by molar-refractivity contribution is 5.60. The van der Waals surface area contributed by atoms with E-state index in [1.807, 2.05) is 0 Å². The van der Waals surface area contributed by atoms with Gasteiger partial charge in [-0.05, 0) is 32.1 Å². The largest absolute Gasteiger partial charge is 0.383 e. The predicted molar refractivity (Wildman–Crippen MR) is 104 cm³/mol. The van der Waals surface area contributed by atoms with E-state index in [1.165, 1.54) is 24.1 Å². The van der Waals surface area contributed by atoms with Crippen molar-refractivity contribution in [1.82, 2.24) is 20.2 Å². The van der Waals surface area contributed by atoms with Crippen LogP contribution in [0.15, 0.2) is 6.07 Å². The van der Waals surface area contributed by atoms with Gasteiger partial charge >= 0.3 is 0 Å². The topological polar surface area (TPSA) is 88.2 Å². The zero-order chi connectivity index (χ0) is 18.6. The van der Waals surface area contributed by atoms with Gasteiger partial charge < -0.3 is 19.7 Å². The van der Waals surface area contributed by atoms with Gasteiger partial charge in [0.15, 0.2) is 5.82 Å². The molecule has 1 fully saturated rings. The predicted octanol–water partition coefficient (Wildman–Crippen LogP) is 2.41. The maximum atomic E-state index is 5.26. The Labute approximate surface area is 159 Å². The van der Waals surface area contributed by atoms with Crippen molar-refractivity contribution in [3.8, 4) is 0 Å². The molecule has 0 unspecified atom stereocenters. The Morgan fingerprint density at radius 1 is 1.15 bits per heavy atom. The molecule has 0 saturated heterocycles. The molecule has 2 aromatic heterocycles. The molecular formula is C19H28N6O2. The number of fused-ring (bicyclic) bond motifs is 1. The Morgan fingerprint density at radius 2 is 1.93 bits per heavy atom. The molecular weight excluding hydrogens is 344 g/mol. The fraction of sp³-hybridized carbons (Fsp3) is 0.632. The van der Waals surface area contributed by atoms with Crippen LogP contribution >= 0.6 is 0 Å². The summed E-state index contributed by atoms with van der Waals surface area (Å²) in [5.74, 6) is 3.08. The highest BCUT2D eigenvalue weighted by Gasteiger charge is 2.26. The lowest BCUT2D eigenvalue weighted by Gasteiger charge is -2.23. The molecule has 1 saturated carbocycles.